The van der Waals surface area contributed by atoms with E-state index in [0.29, 0.717) is 41.4 Å². The molecular formula is C57H56N6O9S. The normalized spacial score (nSPS) is 13.2. The Labute approximate surface area is 427 Å². The molecule has 1 aliphatic rings. The fraction of sp³-hybridized carbons (Fsp3) is 0.228. The summed E-state index contributed by atoms with van der Waals surface area (Å²) in [6.45, 7) is 5.98. The van der Waals surface area contributed by atoms with E-state index in [2.05, 4.69) is 52.0 Å². The number of esters is 1. The summed E-state index contributed by atoms with van der Waals surface area (Å²) in [5.74, 6) is -1.72. The van der Waals surface area contributed by atoms with E-state index in [1.165, 1.54) is 11.3 Å². The van der Waals surface area contributed by atoms with Gasteiger partial charge in [0, 0.05) is 24.9 Å². The van der Waals surface area contributed by atoms with Crippen molar-refractivity contribution in [2.45, 2.75) is 63.5 Å². The van der Waals surface area contributed by atoms with Crippen LogP contribution in [0.5, 0.6) is 5.75 Å². The highest BCUT2D eigenvalue weighted by atomic mass is 32.1. The van der Waals surface area contributed by atoms with E-state index >= 15 is 0 Å². The molecule has 1 amide bonds. The van der Waals surface area contributed by atoms with Crippen LogP contribution >= 0.6 is 11.3 Å². The minimum atomic E-state index is -1.54. The Morgan fingerprint density at radius 2 is 1.30 bits per heavy atom. The van der Waals surface area contributed by atoms with Crippen LogP contribution < -0.4 is 15.8 Å². The van der Waals surface area contributed by atoms with Gasteiger partial charge in [-0.25, -0.2) is 19.4 Å². The number of nitrogens with zero attached hydrogens (tertiary/aromatic N) is 4. The maximum atomic E-state index is 14.4. The van der Waals surface area contributed by atoms with Crippen molar-refractivity contribution in [1.82, 2.24) is 15.2 Å². The van der Waals surface area contributed by atoms with Gasteiger partial charge in [-0.3, -0.25) is 0 Å². The van der Waals surface area contributed by atoms with Crippen LogP contribution in [-0.4, -0.2) is 76.2 Å². The van der Waals surface area contributed by atoms with Crippen LogP contribution in [0.1, 0.15) is 76.5 Å². The molecule has 4 N–H and O–H groups in total. The monoisotopic (exact) mass is 1000 g/mol. The molecule has 0 bridgehead atoms. The Bertz CT molecular complexity index is 2870. The van der Waals surface area contributed by atoms with Gasteiger partial charge in [0.25, 0.3) is 6.10 Å². The van der Waals surface area contributed by atoms with Crippen molar-refractivity contribution in [3.8, 4) is 5.75 Å². The van der Waals surface area contributed by atoms with Gasteiger partial charge in [-0.05, 0) is 77.0 Å². The van der Waals surface area contributed by atoms with Crippen molar-refractivity contribution in [3.63, 3.8) is 0 Å². The first-order chi connectivity index (χ1) is 35.4. The molecule has 1 aromatic heterocycles. The fourth-order valence-electron chi connectivity index (χ4n) is 8.41. The third kappa shape index (κ3) is 13.1. The summed E-state index contributed by atoms with van der Waals surface area (Å²) in [5, 5.41) is 23.7. The number of carbonyl (C=O) groups excluding carboxylic acids is 2. The number of alkyl carbamates (subject to hydrolysis) is 1. The van der Waals surface area contributed by atoms with E-state index in [9.17, 15) is 19.5 Å². The standard InChI is InChI=1S/C57H56N6O9S/c1-56(2,3)71-55(67)59-31-32-69-62-54(58)63-35-41-29-30-46(33-42(41)36-63)68-37-48(53(66)70-51(39-19-9-4-10-20-39)40-21-11-5-12-22-40)72-61-50(52(64)65)47-38-73-49(60-47)34-57(43-23-13-6-14-24-43,44-25-15-7-16-26-44)45-27-17-8-18-28-45/h4-30,33,38,48,51H,31-32,34-37H2,1-3H3,(H2,58,62)(H,59,67)(H,64,65)/b61-50-/t48-/m0/s1. The molecule has 73 heavy (non-hydrogen) atoms. The van der Waals surface area contributed by atoms with Gasteiger partial charge in [0.15, 0.2) is 6.10 Å². The highest BCUT2D eigenvalue weighted by molar-refractivity contribution is 7.09. The van der Waals surface area contributed by atoms with Gasteiger partial charge in [0.2, 0.25) is 11.7 Å². The fourth-order valence-corrected chi connectivity index (χ4v) is 9.27. The van der Waals surface area contributed by atoms with Crippen molar-refractivity contribution in [1.29, 1.82) is 0 Å². The number of hydrogen-bond donors (Lipinski definition) is 3. The molecule has 0 spiro atoms. The van der Waals surface area contributed by atoms with Crippen LogP contribution in [0.25, 0.3) is 0 Å². The van der Waals surface area contributed by atoms with E-state index in [4.69, 9.17) is 34.6 Å². The molecule has 15 nitrogen and oxygen atoms in total. The molecule has 1 aliphatic heterocycles. The lowest BCUT2D eigenvalue weighted by Crippen LogP contribution is -2.35. The molecule has 7 aromatic rings. The Kier molecular flexibility index (Phi) is 16.5. The predicted octanol–water partition coefficient (Wildman–Crippen LogP) is 9.39. The van der Waals surface area contributed by atoms with Crippen molar-refractivity contribution < 1.29 is 43.4 Å². The van der Waals surface area contributed by atoms with Crippen LogP contribution in [0.15, 0.2) is 186 Å². The largest absolute Gasteiger partial charge is 0.489 e. The molecule has 0 aliphatic carbocycles. The number of carboxylic acids is 1. The van der Waals surface area contributed by atoms with Crippen LogP contribution in [0.3, 0.4) is 0 Å². The summed E-state index contributed by atoms with van der Waals surface area (Å²) in [5.41, 5.74) is 10.9. The summed E-state index contributed by atoms with van der Waals surface area (Å²) in [6.07, 6.45) is -2.55. The molecule has 0 radical (unpaired) electrons. The molecular weight excluding hydrogens is 945 g/mol. The number of ether oxygens (including phenoxy) is 3. The van der Waals surface area contributed by atoms with Crippen LogP contribution in [0.2, 0.25) is 0 Å². The lowest BCUT2D eigenvalue weighted by atomic mass is 9.67. The number of fused-ring (bicyclic) bond motifs is 1. The number of thiazole rings is 1. The second kappa shape index (κ2) is 23.6. The van der Waals surface area contributed by atoms with Gasteiger partial charge >= 0.3 is 18.0 Å². The molecule has 6 aromatic carbocycles. The van der Waals surface area contributed by atoms with E-state index in [1.54, 1.807) is 32.2 Å². The van der Waals surface area contributed by atoms with Crippen molar-refractivity contribution in [3.05, 3.63) is 225 Å². The maximum Gasteiger partial charge on any atom is 0.407 e. The van der Waals surface area contributed by atoms with Crippen molar-refractivity contribution in [2.75, 3.05) is 19.8 Å². The molecule has 16 heteroatoms. The zero-order chi connectivity index (χ0) is 51.2. The smallest absolute Gasteiger partial charge is 0.407 e. The van der Waals surface area contributed by atoms with Gasteiger partial charge in [0.05, 0.1) is 17.0 Å². The van der Waals surface area contributed by atoms with Gasteiger partial charge in [-0.15, -0.1) is 11.3 Å². The van der Waals surface area contributed by atoms with Crippen LogP contribution in [0, 0.1) is 0 Å². The molecule has 0 saturated heterocycles. The number of benzene rings is 6. The summed E-state index contributed by atoms with van der Waals surface area (Å²) in [4.78, 5) is 57.3. The van der Waals surface area contributed by atoms with Gasteiger partial charge < -0.3 is 44.9 Å². The first-order valence-corrected chi connectivity index (χ1v) is 24.5. The number of nitrogens with one attached hydrogen (secondary N) is 1. The summed E-state index contributed by atoms with van der Waals surface area (Å²) in [6, 6.07) is 54.4. The van der Waals surface area contributed by atoms with Crippen molar-refractivity contribution in [2.24, 2.45) is 16.0 Å². The molecule has 2 heterocycles. The number of nitrogens with two attached hydrogens (primary N) is 1. The first-order valence-electron chi connectivity index (χ1n) is 23.7. The molecule has 0 fully saturated rings. The second-order valence-corrected chi connectivity index (χ2v) is 19.0. The highest BCUT2D eigenvalue weighted by Crippen LogP contribution is 2.42. The molecule has 374 valence electrons. The number of aromatic nitrogens is 1. The maximum absolute atomic E-state index is 14.4. The van der Waals surface area contributed by atoms with Gasteiger partial charge in [-0.2, -0.15) is 0 Å². The predicted molar refractivity (Wildman–Crippen MR) is 278 cm³/mol. The highest BCUT2D eigenvalue weighted by Gasteiger charge is 2.38. The van der Waals surface area contributed by atoms with E-state index in [1.807, 2.05) is 132 Å². The molecule has 8 rings (SSSR count). The Morgan fingerprint density at radius 1 is 0.753 bits per heavy atom. The molecule has 1 atom stereocenters. The quantitative estimate of drug-likeness (QED) is 0.0164. The van der Waals surface area contributed by atoms with Crippen LogP contribution in [-0.2, 0) is 53.7 Å². The Hall–Kier alpha value is -8.50. The SMILES string of the molecule is CC(C)(C)OC(=O)NCCON=C(N)N1Cc2ccc(OC[C@H](O/N=C(\C(=O)O)c3csc(CC(c4ccccc4)(c4ccccc4)c4ccccc4)n3)C(=O)OC(c3ccccc3)c3ccccc3)cc2C1. The lowest BCUT2D eigenvalue weighted by molar-refractivity contribution is -0.163. The minimum Gasteiger partial charge on any atom is -0.489 e. The number of carbonyl (C=O) groups is 3. The number of hydrogen-bond acceptors (Lipinski definition) is 12. The van der Waals surface area contributed by atoms with Crippen molar-refractivity contribution >= 4 is 41.0 Å². The summed E-state index contributed by atoms with van der Waals surface area (Å²) < 4.78 is 17.7. The third-order valence-corrected chi connectivity index (χ3v) is 12.7. The summed E-state index contributed by atoms with van der Waals surface area (Å²) in [7, 11) is 0. The Morgan fingerprint density at radius 3 is 1.85 bits per heavy atom. The van der Waals surface area contributed by atoms with E-state index in [0.717, 1.165) is 27.8 Å². The minimum absolute atomic E-state index is 0.0592. The number of aliphatic carboxylic acids is 1. The topological polar surface area (TPSA) is 196 Å². The van der Waals surface area contributed by atoms with E-state index < -0.39 is 53.6 Å². The van der Waals surface area contributed by atoms with Gasteiger partial charge in [-0.1, -0.05) is 163 Å². The molecule has 0 saturated carbocycles. The first kappa shape index (κ1) is 50.9. The number of oxime groups is 2. The zero-order valence-corrected chi connectivity index (χ0v) is 41.4. The number of guanidine groups is 1. The summed E-state index contributed by atoms with van der Waals surface area (Å²) >= 11 is 1.31. The Balaban J connectivity index is 1.03. The average Bonchev–Trinajstić information content (AvgIpc) is 4.06. The average molecular weight is 1000 g/mol. The number of rotatable bonds is 20. The lowest BCUT2D eigenvalue weighted by Gasteiger charge is -2.35. The third-order valence-electron chi connectivity index (χ3n) is 11.8. The van der Waals surface area contributed by atoms with E-state index in [-0.39, 0.29) is 24.8 Å². The molecule has 0 unspecified atom stereocenters. The van der Waals surface area contributed by atoms with Gasteiger partial charge in [0.1, 0.15) is 30.3 Å². The van der Waals surface area contributed by atoms with Crippen LogP contribution in [0.4, 0.5) is 4.79 Å². The zero-order valence-electron chi connectivity index (χ0n) is 40.6. The number of amides is 1. The number of carboxylic acid groups (broad SMARTS) is 1. The second-order valence-electron chi connectivity index (χ2n) is 18.1.